The normalized spacial score (nSPS) is 12.1. The van der Waals surface area contributed by atoms with E-state index in [-0.39, 0.29) is 12.2 Å². The van der Waals surface area contributed by atoms with E-state index in [1.807, 2.05) is 0 Å². The Bertz CT molecular complexity index is 920. The summed E-state index contributed by atoms with van der Waals surface area (Å²) >= 11 is 7.13. The van der Waals surface area contributed by atoms with Crippen LogP contribution < -0.4 is 10.3 Å². The molecular weight excluding hydrogens is 352 g/mol. The lowest BCUT2D eigenvalue weighted by atomic mass is 10.3. The number of fused-ring (bicyclic) bond motifs is 1. The minimum atomic E-state index is -0.794. The third-order valence-corrected chi connectivity index (χ3v) is 4.19. The number of carbonyl (C=O) groups excluding carboxylic acids is 1. The molecule has 0 aliphatic rings. The minimum absolute atomic E-state index is 0.0865. The van der Waals surface area contributed by atoms with Gasteiger partial charge in [0.15, 0.2) is 11.1 Å². The number of ether oxygens (including phenoxy) is 2. The fraction of sp³-hybridized carbons (Fsp3) is 0.188. The molecule has 1 aromatic carbocycles. The number of hydrogen-bond acceptors (Lipinski definition) is 6. The SMILES string of the molecule is C[C@H](Oc1ccc(Cl)cc1)C(=O)OCc1cc(=O)n2ccsc2n1. The zero-order valence-corrected chi connectivity index (χ0v) is 14.2. The van der Waals surface area contributed by atoms with Crippen molar-refractivity contribution in [1.29, 1.82) is 0 Å². The second kappa shape index (κ2) is 7.02. The van der Waals surface area contributed by atoms with Crippen LogP contribution in [0, 0.1) is 0 Å². The van der Waals surface area contributed by atoms with Gasteiger partial charge in [-0.05, 0) is 31.2 Å². The first kappa shape index (κ1) is 16.5. The fourth-order valence-corrected chi connectivity index (χ4v) is 2.85. The maximum Gasteiger partial charge on any atom is 0.347 e. The van der Waals surface area contributed by atoms with E-state index >= 15 is 0 Å². The Morgan fingerprint density at radius 2 is 2.12 bits per heavy atom. The fourth-order valence-electron chi connectivity index (χ4n) is 1.99. The van der Waals surface area contributed by atoms with Crippen LogP contribution in [0.5, 0.6) is 5.75 Å². The topological polar surface area (TPSA) is 69.9 Å². The summed E-state index contributed by atoms with van der Waals surface area (Å²) in [5, 5.41) is 2.35. The predicted molar refractivity (Wildman–Crippen MR) is 90.7 cm³/mol. The molecule has 0 saturated carbocycles. The van der Waals surface area contributed by atoms with Crippen molar-refractivity contribution in [3.05, 3.63) is 63.0 Å². The molecule has 2 heterocycles. The van der Waals surface area contributed by atoms with Crippen molar-refractivity contribution in [3.8, 4) is 5.75 Å². The third-order valence-electron chi connectivity index (χ3n) is 3.18. The van der Waals surface area contributed by atoms with Gasteiger partial charge < -0.3 is 9.47 Å². The van der Waals surface area contributed by atoms with Gasteiger partial charge in [-0.25, -0.2) is 9.78 Å². The average molecular weight is 365 g/mol. The number of benzene rings is 1. The molecule has 24 heavy (non-hydrogen) atoms. The molecule has 0 aliphatic carbocycles. The van der Waals surface area contributed by atoms with E-state index in [2.05, 4.69) is 4.98 Å². The smallest absolute Gasteiger partial charge is 0.347 e. The number of esters is 1. The van der Waals surface area contributed by atoms with Crippen LogP contribution in [0.25, 0.3) is 4.96 Å². The van der Waals surface area contributed by atoms with Crippen molar-refractivity contribution in [3.63, 3.8) is 0 Å². The first-order valence-corrected chi connectivity index (χ1v) is 8.33. The number of aromatic nitrogens is 2. The van der Waals surface area contributed by atoms with E-state index in [9.17, 15) is 9.59 Å². The average Bonchev–Trinajstić information content (AvgIpc) is 3.04. The highest BCUT2D eigenvalue weighted by Gasteiger charge is 2.17. The Labute approximate surface area is 146 Å². The second-order valence-electron chi connectivity index (χ2n) is 4.96. The highest BCUT2D eigenvalue weighted by molar-refractivity contribution is 7.15. The lowest BCUT2D eigenvalue weighted by Gasteiger charge is -2.13. The predicted octanol–water partition coefficient (Wildman–Crippen LogP) is 2.92. The number of rotatable bonds is 5. The summed E-state index contributed by atoms with van der Waals surface area (Å²) in [4.78, 5) is 28.7. The van der Waals surface area contributed by atoms with E-state index < -0.39 is 12.1 Å². The standard InChI is InChI=1S/C16H13ClN2O4S/c1-10(23-13-4-2-11(17)3-5-13)15(21)22-9-12-8-14(20)19-6-7-24-16(19)18-12/h2-8,10H,9H2,1H3/t10-/m0/s1. The van der Waals surface area contributed by atoms with E-state index in [0.717, 1.165) is 0 Å². The quantitative estimate of drug-likeness (QED) is 0.651. The van der Waals surface area contributed by atoms with Crippen LogP contribution in [0.4, 0.5) is 0 Å². The monoisotopic (exact) mass is 364 g/mol. The summed E-state index contributed by atoms with van der Waals surface area (Å²) in [6.45, 7) is 1.50. The molecule has 0 fully saturated rings. The molecule has 0 unspecified atom stereocenters. The van der Waals surface area contributed by atoms with E-state index in [4.69, 9.17) is 21.1 Å². The van der Waals surface area contributed by atoms with Gasteiger partial charge in [-0.2, -0.15) is 0 Å². The van der Waals surface area contributed by atoms with E-state index in [1.165, 1.54) is 21.8 Å². The minimum Gasteiger partial charge on any atom is -0.479 e. The summed E-state index contributed by atoms with van der Waals surface area (Å²) in [5.74, 6) is -0.0293. The molecule has 0 amide bonds. The molecule has 8 heteroatoms. The van der Waals surface area contributed by atoms with Crippen molar-refractivity contribution in [2.75, 3.05) is 0 Å². The molecule has 3 aromatic rings. The summed E-state index contributed by atoms with van der Waals surface area (Å²) in [7, 11) is 0. The van der Waals surface area contributed by atoms with Crippen LogP contribution in [0.3, 0.4) is 0 Å². The Hall–Kier alpha value is -2.38. The third kappa shape index (κ3) is 3.74. The molecule has 3 rings (SSSR count). The Kier molecular flexibility index (Phi) is 4.82. The molecule has 124 valence electrons. The molecular formula is C16H13ClN2O4S. The van der Waals surface area contributed by atoms with Gasteiger partial charge in [-0.3, -0.25) is 9.20 Å². The van der Waals surface area contributed by atoms with Crippen LogP contribution in [-0.4, -0.2) is 21.5 Å². The first-order chi connectivity index (χ1) is 11.5. The highest BCUT2D eigenvalue weighted by atomic mass is 35.5. The molecule has 6 nitrogen and oxygen atoms in total. The van der Waals surface area contributed by atoms with Crippen molar-refractivity contribution < 1.29 is 14.3 Å². The van der Waals surface area contributed by atoms with Crippen LogP contribution >= 0.6 is 22.9 Å². The van der Waals surface area contributed by atoms with Gasteiger partial charge in [-0.15, -0.1) is 11.3 Å². The van der Waals surface area contributed by atoms with Crippen LogP contribution in [0.2, 0.25) is 5.02 Å². The number of halogens is 1. The summed E-state index contributed by atoms with van der Waals surface area (Å²) in [6, 6.07) is 8.02. The van der Waals surface area contributed by atoms with Crippen LogP contribution in [-0.2, 0) is 16.1 Å². The van der Waals surface area contributed by atoms with Crippen molar-refractivity contribution in [1.82, 2.24) is 9.38 Å². The highest BCUT2D eigenvalue weighted by Crippen LogP contribution is 2.17. The molecule has 0 radical (unpaired) electrons. The lowest BCUT2D eigenvalue weighted by Crippen LogP contribution is -2.26. The maximum atomic E-state index is 12.0. The van der Waals surface area contributed by atoms with E-state index in [0.29, 0.717) is 21.4 Å². The summed E-state index contributed by atoms with van der Waals surface area (Å²) < 4.78 is 12.1. The zero-order chi connectivity index (χ0) is 17.1. The van der Waals surface area contributed by atoms with Gasteiger partial charge in [0.1, 0.15) is 12.4 Å². The van der Waals surface area contributed by atoms with Gasteiger partial charge in [0.05, 0.1) is 5.69 Å². The van der Waals surface area contributed by atoms with Crippen LogP contribution in [0.1, 0.15) is 12.6 Å². The Morgan fingerprint density at radius 1 is 1.38 bits per heavy atom. The van der Waals surface area contributed by atoms with Crippen molar-refractivity contribution >= 4 is 33.9 Å². The van der Waals surface area contributed by atoms with Crippen molar-refractivity contribution in [2.45, 2.75) is 19.6 Å². The molecule has 0 aliphatic heterocycles. The van der Waals surface area contributed by atoms with Gasteiger partial charge in [0, 0.05) is 22.7 Å². The van der Waals surface area contributed by atoms with Crippen LogP contribution in [0.15, 0.2) is 46.7 Å². The molecule has 1 atom stereocenters. The zero-order valence-electron chi connectivity index (χ0n) is 12.6. The Morgan fingerprint density at radius 3 is 2.88 bits per heavy atom. The Balaban J connectivity index is 1.61. The van der Waals surface area contributed by atoms with Gasteiger partial charge >= 0.3 is 5.97 Å². The molecule has 2 aromatic heterocycles. The van der Waals surface area contributed by atoms with Gasteiger partial charge in [0.25, 0.3) is 5.56 Å². The summed E-state index contributed by atoms with van der Waals surface area (Å²) in [6.07, 6.45) is 0.852. The molecule has 0 saturated heterocycles. The number of hydrogen-bond donors (Lipinski definition) is 0. The lowest BCUT2D eigenvalue weighted by molar-refractivity contribution is -0.152. The largest absolute Gasteiger partial charge is 0.479 e. The summed E-state index contributed by atoms with van der Waals surface area (Å²) in [5.41, 5.74) is 0.187. The van der Waals surface area contributed by atoms with Crippen molar-refractivity contribution in [2.24, 2.45) is 0 Å². The van der Waals surface area contributed by atoms with E-state index in [1.54, 1.807) is 42.8 Å². The van der Waals surface area contributed by atoms with Gasteiger partial charge in [-0.1, -0.05) is 11.6 Å². The number of nitrogens with zero attached hydrogens (tertiary/aromatic N) is 2. The first-order valence-electron chi connectivity index (χ1n) is 7.07. The molecule has 0 spiro atoms. The second-order valence-corrected chi connectivity index (χ2v) is 6.27. The number of carbonyl (C=O) groups is 1. The van der Waals surface area contributed by atoms with Gasteiger partial charge in [0.2, 0.25) is 0 Å². The number of thiazole rings is 1. The molecule has 0 N–H and O–H groups in total. The molecule has 0 bridgehead atoms. The maximum absolute atomic E-state index is 12.0.